The summed E-state index contributed by atoms with van der Waals surface area (Å²) in [5.41, 5.74) is 6.24. The molecule has 4 nitrogen and oxygen atoms in total. The Labute approximate surface area is 71.7 Å². The first-order valence-electron chi connectivity index (χ1n) is 3.85. The van der Waals surface area contributed by atoms with E-state index in [9.17, 15) is 0 Å². The Morgan fingerprint density at radius 1 is 1.58 bits per heavy atom. The molecule has 0 atom stereocenters. The molecule has 0 bridgehead atoms. The highest BCUT2D eigenvalue weighted by Gasteiger charge is 2.00. The van der Waals surface area contributed by atoms with Gasteiger partial charge in [-0.15, -0.1) is 0 Å². The Hall–Kier alpha value is -1.45. The normalized spacial score (nSPS) is 9.50. The smallest absolute Gasteiger partial charge is 0.215 e. The van der Waals surface area contributed by atoms with Crippen molar-refractivity contribution in [1.82, 2.24) is 4.98 Å². The molecule has 3 N–H and O–H groups in total. The zero-order valence-corrected chi connectivity index (χ0v) is 7.29. The predicted octanol–water partition coefficient (Wildman–Crippen LogP) is 1.10. The van der Waals surface area contributed by atoms with Crippen molar-refractivity contribution >= 4 is 11.5 Å². The Bertz CT molecular complexity index is 262. The third kappa shape index (κ3) is 1.78. The number of hydrogen-bond donors (Lipinski definition) is 2. The minimum Gasteiger partial charge on any atom is -0.478 e. The fraction of sp³-hybridized carbons (Fsp3) is 0.375. The van der Waals surface area contributed by atoms with Crippen LogP contribution in [0.5, 0.6) is 5.88 Å². The highest BCUT2D eigenvalue weighted by atomic mass is 16.5. The second-order valence-electron chi connectivity index (χ2n) is 2.27. The van der Waals surface area contributed by atoms with E-state index in [4.69, 9.17) is 10.5 Å². The standard InChI is InChI=1S/C8H13N3O/c1-3-12-7-5-4-6(9)8(10-2)11-7/h4-5H,3,9H2,1-2H3,(H,10,11). The molecule has 0 radical (unpaired) electrons. The van der Waals surface area contributed by atoms with Gasteiger partial charge in [-0.25, -0.2) is 0 Å². The first-order valence-corrected chi connectivity index (χ1v) is 3.85. The molecular weight excluding hydrogens is 154 g/mol. The summed E-state index contributed by atoms with van der Waals surface area (Å²) in [5.74, 6) is 1.25. The topological polar surface area (TPSA) is 60.2 Å². The monoisotopic (exact) mass is 167 g/mol. The lowest BCUT2D eigenvalue weighted by molar-refractivity contribution is 0.327. The van der Waals surface area contributed by atoms with E-state index in [-0.39, 0.29) is 0 Å². The molecule has 0 aliphatic rings. The summed E-state index contributed by atoms with van der Waals surface area (Å²) in [5, 5.41) is 2.88. The van der Waals surface area contributed by atoms with Crippen LogP contribution in [0.2, 0.25) is 0 Å². The fourth-order valence-electron chi connectivity index (χ4n) is 0.881. The van der Waals surface area contributed by atoms with Crippen LogP contribution in [0.1, 0.15) is 6.92 Å². The lowest BCUT2D eigenvalue weighted by atomic mass is 10.4. The molecule has 1 heterocycles. The van der Waals surface area contributed by atoms with Gasteiger partial charge in [-0.05, 0) is 13.0 Å². The van der Waals surface area contributed by atoms with E-state index in [1.807, 2.05) is 6.92 Å². The number of nitrogens with two attached hydrogens (primary N) is 1. The number of nitrogen functional groups attached to an aromatic ring is 1. The lowest BCUT2D eigenvalue weighted by Gasteiger charge is -2.06. The molecule has 0 aromatic carbocycles. The summed E-state index contributed by atoms with van der Waals surface area (Å²) in [6.07, 6.45) is 0. The number of aromatic nitrogens is 1. The van der Waals surface area contributed by atoms with Crippen molar-refractivity contribution in [1.29, 1.82) is 0 Å². The number of pyridine rings is 1. The van der Waals surface area contributed by atoms with Gasteiger partial charge >= 0.3 is 0 Å². The summed E-state index contributed by atoms with van der Waals surface area (Å²) >= 11 is 0. The van der Waals surface area contributed by atoms with Crippen molar-refractivity contribution < 1.29 is 4.74 Å². The van der Waals surface area contributed by atoms with E-state index in [2.05, 4.69) is 10.3 Å². The molecule has 0 unspecified atom stereocenters. The summed E-state index contributed by atoms with van der Waals surface area (Å²) in [6, 6.07) is 3.52. The Morgan fingerprint density at radius 3 is 2.92 bits per heavy atom. The Morgan fingerprint density at radius 2 is 2.33 bits per heavy atom. The SMILES string of the molecule is CCOc1ccc(N)c(NC)n1. The van der Waals surface area contributed by atoms with Crippen LogP contribution in [0.25, 0.3) is 0 Å². The van der Waals surface area contributed by atoms with E-state index in [0.717, 1.165) is 0 Å². The molecule has 0 saturated heterocycles. The molecule has 4 heteroatoms. The van der Waals surface area contributed by atoms with Crippen molar-refractivity contribution in [2.75, 3.05) is 24.7 Å². The molecule has 0 fully saturated rings. The zero-order valence-electron chi connectivity index (χ0n) is 7.29. The van der Waals surface area contributed by atoms with Crippen LogP contribution in [0.4, 0.5) is 11.5 Å². The summed E-state index contributed by atoms with van der Waals surface area (Å²) < 4.78 is 5.20. The zero-order chi connectivity index (χ0) is 8.97. The summed E-state index contributed by atoms with van der Waals surface area (Å²) in [7, 11) is 1.77. The Balaban J connectivity index is 2.89. The lowest BCUT2D eigenvalue weighted by Crippen LogP contribution is -2.01. The van der Waals surface area contributed by atoms with Gasteiger partial charge in [-0.2, -0.15) is 4.98 Å². The van der Waals surface area contributed by atoms with Crippen molar-refractivity contribution in [3.63, 3.8) is 0 Å². The Kier molecular flexibility index (Phi) is 2.74. The van der Waals surface area contributed by atoms with Crippen molar-refractivity contribution in [2.45, 2.75) is 6.92 Å². The summed E-state index contributed by atoms with van der Waals surface area (Å²) in [6.45, 7) is 2.52. The van der Waals surface area contributed by atoms with Gasteiger partial charge in [0.15, 0.2) is 5.82 Å². The predicted molar refractivity (Wildman–Crippen MR) is 49.4 cm³/mol. The van der Waals surface area contributed by atoms with E-state index in [0.29, 0.717) is 24.0 Å². The number of nitrogens with zero attached hydrogens (tertiary/aromatic N) is 1. The van der Waals surface area contributed by atoms with Gasteiger partial charge in [0.05, 0.1) is 12.3 Å². The van der Waals surface area contributed by atoms with E-state index in [1.54, 1.807) is 19.2 Å². The largest absolute Gasteiger partial charge is 0.478 e. The van der Waals surface area contributed by atoms with Crippen LogP contribution < -0.4 is 15.8 Å². The highest BCUT2D eigenvalue weighted by Crippen LogP contribution is 2.18. The first kappa shape index (κ1) is 8.64. The van der Waals surface area contributed by atoms with Crippen molar-refractivity contribution in [3.8, 4) is 5.88 Å². The molecule has 1 rings (SSSR count). The highest BCUT2D eigenvalue weighted by molar-refractivity contribution is 5.61. The van der Waals surface area contributed by atoms with Crippen LogP contribution in [-0.2, 0) is 0 Å². The van der Waals surface area contributed by atoms with Crippen LogP contribution in [-0.4, -0.2) is 18.6 Å². The van der Waals surface area contributed by atoms with Gasteiger partial charge in [-0.3, -0.25) is 0 Å². The van der Waals surface area contributed by atoms with Gasteiger partial charge in [0.2, 0.25) is 5.88 Å². The minimum atomic E-state index is 0.594. The number of anilines is 2. The second kappa shape index (κ2) is 3.80. The van der Waals surface area contributed by atoms with Crippen LogP contribution >= 0.6 is 0 Å². The van der Waals surface area contributed by atoms with Crippen molar-refractivity contribution in [3.05, 3.63) is 12.1 Å². The van der Waals surface area contributed by atoms with E-state index in [1.165, 1.54) is 0 Å². The molecule has 0 amide bonds. The molecule has 66 valence electrons. The van der Waals surface area contributed by atoms with Gasteiger partial charge in [-0.1, -0.05) is 0 Å². The second-order valence-corrected chi connectivity index (χ2v) is 2.27. The molecule has 0 saturated carbocycles. The maximum Gasteiger partial charge on any atom is 0.215 e. The molecule has 0 aliphatic carbocycles. The van der Waals surface area contributed by atoms with Gasteiger partial charge in [0.25, 0.3) is 0 Å². The summed E-state index contributed by atoms with van der Waals surface area (Å²) in [4.78, 5) is 4.12. The number of rotatable bonds is 3. The maximum absolute atomic E-state index is 5.62. The number of ether oxygens (including phenoxy) is 1. The average molecular weight is 167 g/mol. The third-order valence-electron chi connectivity index (χ3n) is 1.43. The van der Waals surface area contributed by atoms with Crippen LogP contribution in [0.3, 0.4) is 0 Å². The molecule has 12 heavy (non-hydrogen) atoms. The average Bonchev–Trinajstić information content (AvgIpc) is 2.09. The third-order valence-corrected chi connectivity index (χ3v) is 1.43. The molecular formula is C8H13N3O. The molecule has 1 aromatic rings. The number of hydrogen-bond acceptors (Lipinski definition) is 4. The van der Waals surface area contributed by atoms with E-state index >= 15 is 0 Å². The minimum absolute atomic E-state index is 0.594. The fourth-order valence-corrected chi connectivity index (χ4v) is 0.881. The van der Waals surface area contributed by atoms with Crippen LogP contribution in [0, 0.1) is 0 Å². The molecule has 0 aliphatic heterocycles. The molecule has 0 spiro atoms. The van der Waals surface area contributed by atoms with Crippen LogP contribution in [0.15, 0.2) is 12.1 Å². The maximum atomic E-state index is 5.62. The molecule has 1 aromatic heterocycles. The quantitative estimate of drug-likeness (QED) is 0.707. The van der Waals surface area contributed by atoms with Gasteiger partial charge in [0, 0.05) is 13.1 Å². The van der Waals surface area contributed by atoms with Crippen molar-refractivity contribution in [2.24, 2.45) is 0 Å². The van der Waals surface area contributed by atoms with E-state index < -0.39 is 0 Å². The van der Waals surface area contributed by atoms with Gasteiger partial charge in [0.1, 0.15) is 0 Å². The van der Waals surface area contributed by atoms with Gasteiger partial charge < -0.3 is 15.8 Å². The number of nitrogens with one attached hydrogen (secondary N) is 1. The first-order chi connectivity index (χ1) is 5.77.